The average Bonchev–Trinajstić information content (AvgIpc) is 3.21. The van der Waals surface area contributed by atoms with Crippen LogP contribution >= 0.6 is 11.6 Å². The highest BCUT2D eigenvalue weighted by Gasteiger charge is 2.31. The van der Waals surface area contributed by atoms with Crippen molar-refractivity contribution in [2.75, 3.05) is 0 Å². The summed E-state index contributed by atoms with van der Waals surface area (Å²) in [7, 11) is 0. The van der Waals surface area contributed by atoms with Crippen LogP contribution in [-0.2, 0) is 0 Å². The molecule has 1 aromatic heterocycles. The first kappa shape index (κ1) is 15.5. The first-order valence-electron chi connectivity index (χ1n) is 8.90. The molecule has 2 heteroatoms. The molecule has 2 heterocycles. The van der Waals surface area contributed by atoms with Gasteiger partial charge in [0, 0.05) is 27.9 Å². The molecule has 0 bridgehead atoms. The van der Waals surface area contributed by atoms with E-state index in [0.29, 0.717) is 5.92 Å². The van der Waals surface area contributed by atoms with E-state index in [1.807, 2.05) is 12.1 Å². The van der Waals surface area contributed by atoms with Gasteiger partial charge in [-0.3, -0.25) is 0 Å². The second-order valence-corrected chi connectivity index (χ2v) is 7.25. The zero-order valence-corrected chi connectivity index (χ0v) is 15.2. The predicted molar refractivity (Wildman–Crippen MR) is 109 cm³/mol. The largest absolute Gasteiger partial charge is 0.312 e. The molecule has 0 saturated heterocycles. The highest BCUT2D eigenvalue weighted by atomic mass is 35.5. The minimum Gasteiger partial charge on any atom is -0.312 e. The monoisotopic (exact) mass is 355 g/mol. The number of benzene rings is 3. The summed E-state index contributed by atoms with van der Waals surface area (Å²) in [5.74, 6) is 0.356. The lowest BCUT2D eigenvalue weighted by molar-refractivity contribution is 0.913. The minimum absolute atomic E-state index is 0.356. The molecule has 5 rings (SSSR count). The number of para-hydroxylation sites is 1. The van der Waals surface area contributed by atoms with Crippen LogP contribution in [0.1, 0.15) is 24.1 Å². The second kappa shape index (κ2) is 5.89. The molecule has 26 heavy (non-hydrogen) atoms. The second-order valence-electron chi connectivity index (χ2n) is 6.82. The van der Waals surface area contributed by atoms with Gasteiger partial charge in [-0.15, -0.1) is 0 Å². The van der Waals surface area contributed by atoms with Crippen molar-refractivity contribution in [2.45, 2.75) is 12.8 Å². The number of fused-ring (bicyclic) bond motifs is 3. The maximum absolute atomic E-state index is 6.11. The van der Waals surface area contributed by atoms with E-state index in [1.54, 1.807) is 0 Å². The van der Waals surface area contributed by atoms with Gasteiger partial charge in [0.25, 0.3) is 0 Å². The summed E-state index contributed by atoms with van der Waals surface area (Å²) >= 11 is 6.11. The fourth-order valence-corrected chi connectivity index (χ4v) is 4.22. The lowest BCUT2D eigenvalue weighted by Gasteiger charge is -2.08. The van der Waals surface area contributed by atoms with Crippen LogP contribution in [0.4, 0.5) is 0 Å². The summed E-state index contributed by atoms with van der Waals surface area (Å²) < 4.78 is 2.43. The van der Waals surface area contributed by atoms with Crippen molar-refractivity contribution in [3.8, 4) is 28.1 Å². The Kier molecular flexibility index (Phi) is 3.51. The normalized spacial score (nSPS) is 14.9. The number of hydrogen-bond donors (Lipinski definition) is 0. The molecule has 0 fully saturated rings. The molecule has 1 aliphatic heterocycles. The molecule has 1 atom stereocenters. The van der Waals surface area contributed by atoms with Gasteiger partial charge in [0.1, 0.15) is 0 Å². The van der Waals surface area contributed by atoms with Crippen molar-refractivity contribution in [3.63, 3.8) is 0 Å². The van der Waals surface area contributed by atoms with Gasteiger partial charge in [-0.05, 0) is 41.0 Å². The highest BCUT2D eigenvalue weighted by molar-refractivity contribution is 6.30. The fraction of sp³-hybridized carbons (Fsp3) is 0.0833. The Balaban J connectivity index is 1.82. The van der Waals surface area contributed by atoms with Crippen molar-refractivity contribution in [3.05, 3.63) is 101 Å². The van der Waals surface area contributed by atoms with Crippen LogP contribution in [0, 0.1) is 0 Å². The lowest BCUT2D eigenvalue weighted by Crippen LogP contribution is -1.96. The van der Waals surface area contributed by atoms with E-state index in [4.69, 9.17) is 11.6 Å². The maximum Gasteiger partial charge on any atom is 0.0538 e. The molecule has 4 aromatic rings. The van der Waals surface area contributed by atoms with E-state index in [2.05, 4.69) is 84.3 Å². The van der Waals surface area contributed by atoms with Gasteiger partial charge < -0.3 is 4.57 Å². The zero-order chi connectivity index (χ0) is 17.7. The highest BCUT2D eigenvalue weighted by Crippen LogP contribution is 2.47. The molecule has 1 nitrogen and oxygen atoms in total. The van der Waals surface area contributed by atoms with E-state index >= 15 is 0 Å². The van der Waals surface area contributed by atoms with Crippen LogP contribution in [0.15, 0.2) is 84.9 Å². The smallest absolute Gasteiger partial charge is 0.0538 e. The molecular weight excluding hydrogens is 338 g/mol. The van der Waals surface area contributed by atoms with Crippen LogP contribution in [0.3, 0.4) is 0 Å². The predicted octanol–water partition coefficient (Wildman–Crippen LogP) is 6.93. The van der Waals surface area contributed by atoms with E-state index in [-0.39, 0.29) is 0 Å². The molecule has 0 radical (unpaired) electrons. The Bertz CT molecular complexity index is 1090. The van der Waals surface area contributed by atoms with E-state index in [9.17, 15) is 0 Å². The third-order valence-electron chi connectivity index (χ3n) is 5.32. The Labute approximate surface area is 158 Å². The number of hydrogen-bond acceptors (Lipinski definition) is 0. The molecule has 1 unspecified atom stereocenters. The maximum atomic E-state index is 6.11. The van der Waals surface area contributed by atoms with Gasteiger partial charge in [0.15, 0.2) is 0 Å². The third-order valence-corrected chi connectivity index (χ3v) is 5.57. The first-order valence-corrected chi connectivity index (χ1v) is 9.28. The summed E-state index contributed by atoms with van der Waals surface area (Å²) in [4.78, 5) is 0. The van der Waals surface area contributed by atoms with Gasteiger partial charge in [0.2, 0.25) is 0 Å². The molecular formula is C24H18ClN. The van der Waals surface area contributed by atoms with Gasteiger partial charge in [0.05, 0.1) is 5.69 Å². The summed E-state index contributed by atoms with van der Waals surface area (Å²) in [5, 5.41) is 0.768. The van der Waals surface area contributed by atoms with Gasteiger partial charge >= 0.3 is 0 Å². The number of aromatic nitrogens is 1. The molecule has 3 aromatic carbocycles. The van der Waals surface area contributed by atoms with Gasteiger partial charge in [-0.1, -0.05) is 79.2 Å². The van der Waals surface area contributed by atoms with Crippen molar-refractivity contribution in [1.29, 1.82) is 0 Å². The minimum atomic E-state index is 0.356. The van der Waals surface area contributed by atoms with Crippen molar-refractivity contribution < 1.29 is 0 Å². The van der Waals surface area contributed by atoms with E-state index in [1.165, 1.54) is 39.3 Å². The van der Waals surface area contributed by atoms with Crippen LogP contribution in [0.5, 0.6) is 0 Å². The quantitative estimate of drug-likeness (QED) is 0.367. The van der Waals surface area contributed by atoms with Gasteiger partial charge in [-0.2, -0.15) is 0 Å². The first-order chi connectivity index (χ1) is 12.7. The Hall–Kier alpha value is -2.77. The topological polar surface area (TPSA) is 4.93 Å². The van der Waals surface area contributed by atoms with Crippen LogP contribution in [-0.4, -0.2) is 4.57 Å². The third kappa shape index (κ3) is 2.24. The van der Waals surface area contributed by atoms with Crippen molar-refractivity contribution in [2.24, 2.45) is 0 Å². The van der Waals surface area contributed by atoms with Crippen molar-refractivity contribution in [1.82, 2.24) is 4.57 Å². The van der Waals surface area contributed by atoms with E-state index in [0.717, 1.165) is 5.02 Å². The number of nitrogens with zero attached hydrogens (tertiary/aromatic N) is 1. The molecule has 1 aliphatic rings. The summed E-state index contributed by atoms with van der Waals surface area (Å²) in [6.07, 6.45) is 0. The number of halogens is 1. The molecule has 0 saturated carbocycles. The van der Waals surface area contributed by atoms with Crippen LogP contribution in [0.2, 0.25) is 5.02 Å². The number of rotatable bonds is 2. The van der Waals surface area contributed by atoms with Crippen molar-refractivity contribution >= 4 is 11.6 Å². The summed E-state index contributed by atoms with van der Waals surface area (Å²) in [6, 6.07) is 29.8. The van der Waals surface area contributed by atoms with E-state index < -0.39 is 0 Å². The molecule has 0 spiro atoms. The van der Waals surface area contributed by atoms with Crippen LogP contribution in [0.25, 0.3) is 28.1 Å². The van der Waals surface area contributed by atoms with Crippen LogP contribution < -0.4 is 0 Å². The fourth-order valence-electron chi connectivity index (χ4n) is 4.10. The average molecular weight is 356 g/mol. The standard InChI is InChI=1S/C24H18ClN/c1-16-20-9-5-6-10-22(20)26-23(18-7-3-2-4-8-18)15-21(24(16)26)17-11-13-19(25)14-12-17/h2-16H,1H3. The molecule has 0 aliphatic carbocycles. The molecule has 0 N–H and O–H groups in total. The SMILES string of the molecule is CC1c2ccccc2-n2c(-c3ccccc3)cc(-c3ccc(Cl)cc3)c21. The van der Waals surface area contributed by atoms with Gasteiger partial charge in [-0.25, -0.2) is 0 Å². The summed E-state index contributed by atoms with van der Waals surface area (Å²) in [5.41, 5.74) is 8.99. The Morgan fingerprint density at radius 3 is 2.23 bits per heavy atom. The molecule has 0 amide bonds. The zero-order valence-electron chi connectivity index (χ0n) is 14.5. The lowest BCUT2D eigenvalue weighted by atomic mass is 9.94. The summed E-state index contributed by atoms with van der Waals surface area (Å²) in [6.45, 7) is 2.30. The Morgan fingerprint density at radius 2 is 1.46 bits per heavy atom. The Morgan fingerprint density at radius 1 is 0.769 bits per heavy atom. The molecule has 126 valence electrons.